The number of thiophene rings is 2. The van der Waals surface area contributed by atoms with E-state index in [-0.39, 0.29) is 23.8 Å². The van der Waals surface area contributed by atoms with Gasteiger partial charge in [0.05, 0.1) is 29.7 Å². The lowest BCUT2D eigenvalue weighted by Gasteiger charge is -2.17. The van der Waals surface area contributed by atoms with Crippen LogP contribution in [0.5, 0.6) is 0 Å². The SMILES string of the molecule is CC(C)(C)C(=O)NCc1ccc(C(=O)Cn2cnc3sc4c(c3c2=O)CCCC4)s1. The van der Waals surface area contributed by atoms with Gasteiger partial charge in [-0.2, -0.15) is 0 Å². The van der Waals surface area contributed by atoms with Gasteiger partial charge in [0.1, 0.15) is 4.83 Å². The van der Waals surface area contributed by atoms with Crippen molar-refractivity contribution in [3.8, 4) is 0 Å². The highest BCUT2D eigenvalue weighted by Crippen LogP contribution is 2.33. The summed E-state index contributed by atoms with van der Waals surface area (Å²) < 4.78 is 1.42. The Balaban J connectivity index is 1.50. The Morgan fingerprint density at radius 2 is 1.93 bits per heavy atom. The number of aromatic nitrogens is 2. The maximum absolute atomic E-state index is 13.0. The van der Waals surface area contributed by atoms with E-state index in [1.54, 1.807) is 17.4 Å². The number of aryl methyl sites for hydroxylation is 2. The van der Waals surface area contributed by atoms with Crippen molar-refractivity contribution in [2.75, 3.05) is 0 Å². The van der Waals surface area contributed by atoms with Crippen molar-refractivity contribution in [1.29, 1.82) is 0 Å². The molecule has 4 rings (SSSR count). The lowest BCUT2D eigenvalue weighted by atomic mass is 9.96. The second kappa shape index (κ2) is 8.07. The molecule has 0 atom stereocenters. The Bertz CT molecular complexity index is 1180. The van der Waals surface area contributed by atoms with Gasteiger partial charge in [-0.05, 0) is 43.4 Å². The van der Waals surface area contributed by atoms with Gasteiger partial charge in [-0.3, -0.25) is 19.0 Å². The maximum Gasteiger partial charge on any atom is 0.262 e. The predicted octanol–water partition coefficient (Wildman–Crippen LogP) is 3.94. The Morgan fingerprint density at radius 3 is 2.70 bits per heavy atom. The number of rotatable bonds is 5. The molecule has 3 aromatic heterocycles. The van der Waals surface area contributed by atoms with Gasteiger partial charge >= 0.3 is 0 Å². The zero-order chi connectivity index (χ0) is 21.5. The number of nitrogens with zero attached hydrogens (tertiary/aromatic N) is 2. The van der Waals surface area contributed by atoms with Gasteiger partial charge in [-0.25, -0.2) is 4.98 Å². The fraction of sp³-hybridized carbons (Fsp3) is 0.455. The minimum atomic E-state index is -0.455. The molecule has 6 nitrogen and oxygen atoms in total. The zero-order valence-electron chi connectivity index (χ0n) is 17.4. The second-order valence-corrected chi connectivity index (χ2v) is 10.9. The fourth-order valence-electron chi connectivity index (χ4n) is 3.58. The van der Waals surface area contributed by atoms with Crippen LogP contribution in [0.2, 0.25) is 0 Å². The smallest absolute Gasteiger partial charge is 0.262 e. The Morgan fingerprint density at radius 1 is 1.17 bits per heavy atom. The lowest BCUT2D eigenvalue weighted by molar-refractivity contribution is -0.128. The molecule has 3 heterocycles. The zero-order valence-corrected chi connectivity index (χ0v) is 19.0. The molecule has 0 spiro atoms. The van der Waals surface area contributed by atoms with Crippen molar-refractivity contribution in [2.45, 2.75) is 59.5 Å². The number of hydrogen-bond donors (Lipinski definition) is 1. The standard InChI is InChI=1S/C22H25N3O3S2/c1-22(2,3)21(28)23-10-13-8-9-17(29-13)15(26)11-25-12-24-19-18(20(25)27)14-6-4-5-7-16(14)30-19/h8-9,12H,4-7,10-11H2,1-3H3,(H,23,28). The van der Waals surface area contributed by atoms with E-state index in [0.29, 0.717) is 16.8 Å². The van der Waals surface area contributed by atoms with Crippen LogP contribution in [-0.2, 0) is 30.7 Å². The lowest BCUT2D eigenvalue weighted by Crippen LogP contribution is -2.34. The summed E-state index contributed by atoms with van der Waals surface area (Å²) in [5, 5.41) is 3.59. The van der Waals surface area contributed by atoms with Crippen molar-refractivity contribution < 1.29 is 9.59 Å². The molecule has 1 aliphatic carbocycles. The minimum Gasteiger partial charge on any atom is -0.351 e. The summed E-state index contributed by atoms with van der Waals surface area (Å²) in [4.78, 5) is 45.8. The highest BCUT2D eigenvalue weighted by molar-refractivity contribution is 7.18. The number of Topliss-reactive ketones (excluding diaryl/α,β-unsaturated/α-hetero) is 1. The van der Waals surface area contributed by atoms with Crippen LogP contribution >= 0.6 is 22.7 Å². The summed E-state index contributed by atoms with van der Waals surface area (Å²) in [6.07, 6.45) is 5.67. The third kappa shape index (κ3) is 4.11. The van der Waals surface area contributed by atoms with Crippen LogP contribution in [0.3, 0.4) is 0 Å². The Labute approximate surface area is 183 Å². The molecule has 158 valence electrons. The van der Waals surface area contributed by atoms with E-state index in [4.69, 9.17) is 0 Å². The molecule has 0 saturated heterocycles. The van der Waals surface area contributed by atoms with Crippen LogP contribution in [0.4, 0.5) is 0 Å². The third-order valence-electron chi connectivity index (χ3n) is 5.30. The van der Waals surface area contributed by atoms with Gasteiger partial charge in [0.15, 0.2) is 5.78 Å². The molecule has 0 aromatic carbocycles. The van der Waals surface area contributed by atoms with Gasteiger partial charge in [0.2, 0.25) is 5.91 Å². The fourth-order valence-corrected chi connectivity index (χ4v) is 5.68. The maximum atomic E-state index is 13.0. The number of carbonyl (C=O) groups excluding carboxylic acids is 2. The van der Waals surface area contributed by atoms with Gasteiger partial charge in [0, 0.05) is 15.2 Å². The number of hydrogen-bond acceptors (Lipinski definition) is 6. The van der Waals surface area contributed by atoms with Gasteiger partial charge < -0.3 is 5.32 Å². The molecular weight excluding hydrogens is 418 g/mol. The van der Waals surface area contributed by atoms with Gasteiger partial charge in [0.25, 0.3) is 5.56 Å². The summed E-state index contributed by atoms with van der Waals surface area (Å²) in [6.45, 7) is 5.94. The highest BCUT2D eigenvalue weighted by Gasteiger charge is 2.22. The van der Waals surface area contributed by atoms with Gasteiger partial charge in [-0.15, -0.1) is 22.7 Å². The molecule has 0 bridgehead atoms. The first-order valence-electron chi connectivity index (χ1n) is 10.1. The van der Waals surface area contributed by atoms with Crippen molar-refractivity contribution in [2.24, 2.45) is 5.41 Å². The van der Waals surface area contributed by atoms with Gasteiger partial charge in [-0.1, -0.05) is 20.8 Å². The molecule has 1 amide bonds. The van der Waals surface area contributed by atoms with E-state index in [1.165, 1.54) is 27.1 Å². The minimum absolute atomic E-state index is 0.0271. The summed E-state index contributed by atoms with van der Waals surface area (Å²) >= 11 is 2.96. The van der Waals surface area contributed by atoms with Crippen LogP contribution in [0, 0.1) is 5.41 Å². The number of ketones is 1. The first-order chi connectivity index (χ1) is 14.2. The summed E-state index contributed by atoms with van der Waals surface area (Å²) in [5.41, 5.74) is 0.555. The molecule has 30 heavy (non-hydrogen) atoms. The molecule has 1 N–H and O–H groups in total. The van der Waals surface area contributed by atoms with Crippen LogP contribution in [-0.4, -0.2) is 21.2 Å². The average molecular weight is 444 g/mol. The van der Waals surface area contributed by atoms with Crippen LogP contribution in [0.1, 0.15) is 58.6 Å². The van der Waals surface area contributed by atoms with Crippen LogP contribution in [0.15, 0.2) is 23.3 Å². The number of carbonyl (C=O) groups is 2. The first kappa shape index (κ1) is 20.9. The quantitative estimate of drug-likeness (QED) is 0.606. The molecular formula is C22H25N3O3S2. The van der Waals surface area contributed by atoms with E-state index < -0.39 is 5.41 Å². The largest absolute Gasteiger partial charge is 0.351 e. The van der Waals surface area contributed by atoms with Crippen LogP contribution < -0.4 is 10.9 Å². The second-order valence-electron chi connectivity index (χ2n) is 8.69. The van der Waals surface area contributed by atoms with Crippen molar-refractivity contribution in [1.82, 2.24) is 14.9 Å². The summed E-state index contributed by atoms with van der Waals surface area (Å²) in [5.74, 6) is -0.158. The normalized spacial score (nSPS) is 14.0. The Kier molecular flexibility index (Phi) is 5.63. The molecule has 0 radical (unpaired) electrons. The molecule has 1 aliphatic rings. The molecule has 0 aliphatic heterocycles. The number of amides is 1. The van der Waals surface area contributed by atoms with Crippen molar-refractivity contribution in [3.63, 3.8) is 0 Å². The molecule has 0 fully saturated rings. The highest BCUT2D eigenvalue weighted by atomic mass is 32.1. The molecule has 0 saturated carbocycles. The van der Waals surface area contributed by atoms with E-state index >= 15 is 0 Å². The number of nitrogens with one attached hydrogen (secondary N) is 1. The Hall–Kier alpha value is -2.32. The summed E-state index contributed by atoms with van der Waals surface area (Å²) in [7, 11) is 0. The van der Waals surface area contributed by atoms with E-state index in [2.05, 4.69) is 10.3 Å². The molecule has 8 heteroatoms. The van der Waals surface area contributed by atoms with Crippen molar-refractivity contribution in [3.05, 3.63) is 49.0 Å². The monoisotopic (exact) mass is 443 g/mol. The average Bonchev–Trinajstić information content (AvgIpc) is 3.32. The predicted molar refractivity (Wildman–Crippen MR) is 120 cm³/mol. The summed E-state index contributed by atoms with van der Waals surface area (Å²) in [6, 6.07) is 3.61. The molecule has 0 unspecified atom stereocenters. The molecule has 3 aromatic rings. The van der Waals surface area contributed by atoms with E-state index in [9.17, 15) is 14.4 Å². The van der Waals surface area contributed by atoms with E-state index in [0.717, 1.165) is 41.0 Å². The first-order valence-corrected chi connectivity index (χ1v) is 11.8. The van der Waals surface area contributed by atoms with Crippen molar-refractivity contribution >= 4 is 44.6 Å². The third-order valence-corrected chi connectivity index (χ3v) is 7.62. The van der Waals surface area contributed by atoms with Crippen LogP contribution in [0.25, 0.3) is 10.2 Å². The number of fused-ring (bicyclic) bond motifs is 3. The topological polar surface area (TPSA) is 81.1 Å². The van der Waals surface area contributed by atoms with E-state index in [1.807, 2.05) is 26.8 Å².